The van der Waals surface area contributed by atoms with Gasteiger partial charge in [-0.25, -0.2) is 0 Å². The predicted octanol–water partition coefficient (Wildman–Crippen LogP) is 0.854. The second-order valence-corrected chi connectivity index (χ2v) is 3.76. The second-order valence-electron chi connectivity index (χ2n) is 3.76. The first kappa shape index (κ1) is 10.5. The second kappa shape index (κ2) is 5.22. The molecule has 0 aliphatic carbocycles. The average Bonchev–Trinajstić information content (AvgIpc) is 2.18. The highest BCUT2D eigenvalue weighted by Gasteiger charge is 2.21. The number of rotatable bonds is 3. The van der Waals surface area contributed by atoms with Crippen molar-refractivity contribution in [1.29, 1.82) is 0 Å². The zero-order valence-corrected chi connectivity index (χ0v) is 8.68. The topological polar surface area (TPSA) is 32.3 Å². The number of hydrogen-bond donors (Lipinski definition) is 1. The molecule has 13 heavy (non-hydrogen) atoms. The van der Waals surface area contributed by atoms with E-state index in [1.165, 1.54) is 6.42 Å². The van der Waals surface area contributed by atoms with Crippen molar-refractivity contribution < 1.29 is 4.79 Å². The molecule has 0 aromatic carbocycles. The molecule has 1 amide bonds. The monoisotopic (exact) mass is 184 g/mol. The smallest absolute Gasteiger partial charge is 0.222 e. The lowest BCUT2D eigenvalue weighted by atomic mass is 9.98. The molecule has 1 aliphatic heterocycles. The molecule has 1 saturated heterocycles. The molecule has 0 bridgehead atoms. The van der Waals surface area contributed by atoms with Gasteiger partial charge in [-0.1, -0.05) is 6.92 Å². The summed E-state index contributed by atoms with van der Waals surface area (Å²) >= 11 is 0. The molecular weight excluding hydrogens is 164 g/mol. The molecule has 1 N–H and O–H groups in total. The van der Waals surface area contributed by atoms with Gasteiger partial charge in [0.15, 0.2) is 0 Å². The quantitative estimate of drug-likeness (QED) is 0.705. The molecule has 0 saturated carbocycles. The van der Waals surface area contributed by atoms with Gasteiger partial charge in [0.25, 0.3) is 0 Å². The van der Waals surface area contributed by atoms with Crippen molar-refractivity contribution in [2.45, 2.75) is 26.2 Å². The number of hydrogen-bond acceptors (Lipinski definition) is 2. The molecule has 1 fully saturated rings. The summed E-state index contributed by atoms with van der Waals surface area (Å²) in [7, 11) is 1.97. The van der Waals surface area contributed by atoms with Crippen LogP contribution in [-0.4, -0.2) is 37.5 Å². The van der Waals surface area contributed by atoms with E-state index >= 15 is 0 Å². The minimum absolute atomic E-state index is 0.306. The summed E-state index contributed by atoms with van der Waals surface area (Å²) in [4.78, 5) is 13.4. The van der Waals surface area contributed by atoms with Crippen LogP contribution in [0.25, 0.3) is 0 Å². The van der Waals surface area contributed by atoms with E-state index in [9.17, 15) is 4.79 Å². The number of carbonyl (C=O) groups is 1. The van der Waals surface area contributed by atoms with Gasteiger partial charge >= 0.3 is 0 Å². The molecular formula is C10H20N2O. The Labute approximate surface area is 80.5 Å². The van der Waals surface area contributed by atoms with Crippen LogP contribution in [-0.2, 0) is 4.79 Å². The van der Waals surface area contributed by atoms with E-state index in [2.05, 4.69) is 5.32 Å². The van der Waals surface area contributed by atoms with E-state index in [1.807, 2.05) is 18.9 Å². The van der Waals surface area contributed by atoms with Gasteiger partial charge in [0.1, 0.15) is 0 Å². The summed E-state index contributed by atoms with van der Waals surface area (Å²) in [5.41, 5.74) is 0. The highest BCUT2D eigenvalue weighted by atomic mass is 16.2. The Hall–Kier alpha value is -0.570. The molecule has 0 aromatic heterocycles. The van der Waals surface area contributed by atoms with E-state index in [4.69, 9.17) is 0 Å². The van der Waals surface area contributed by atoms with E-state index in [-0.39, 0.29) is 0 Å². The summed E-state index contributed by atoms with van der Waals surface area (Å²) < 4.78 is 0. The Balaban J connectivity index is 2.37. The number of likely N-dealkylation sites (tertiary alicyclic amines) is 1. The van der Waals surface area contributed by atoms with Crippen LogP contribution in [0.15, 0.2) is 0 Å². The van der Waals surface area contributed by atoms with E-state index in [1.54, 1.807) is 0 Å². The molecule has 1 atom stereocenters. The van der Waals surface area contributed by atoms with Crippen LogP contribution >= 0.6 is 0 Å². The Kier molecular flexibility index (Phi) is 4.22. The van der Waals surface area contributed by atoms with Crippen molar-refractivity contribution >= 4 is 5.91 Å². The maximum absolute atomic E-state index is 11.4. The van der Waals surface area contributed by atoms with Crippen LogP contribution in [0.2, 0.25) is 0 Å². The van der Waals surface area contributed by atoms with Crippen molar-refractivity contribution in [3.8, 4) is 0 Å². The Morgan fingerprint density at radius 2 is 2.38 bits per heavy atom. The van der Waals surface area contributed by atoms with Crippen molar-refractivity contribution in [2.24, 2.45) is 5.92 Å². The molecule has 1 rings (SSSR count). The van der Waals surface area contributed by atoms with Gasteiger partial charge in [-0.3, -0.25) is 4.79 Å². The summed E-state index contributed by atoms with van der Waals surface area (Å²) in [6, 6.07) is 0. The lowest BCUT2D eigenvalue weighted by Gasteiger charge is -2.32. The number of nitrogens with zero attached hydrogens (tertiary/aromatic N) is 1. The van der Waals surface area contributed by atoms with E-state index in [0.29, 0.717) is 18.2 Å². The normalized spacial score (nSPS) is 23.2. The highest BCUT2D eigenvalue weighted by Crippen LogP contribution is 2.16. The Bertz CT molecular complexity index is 168. The summed E-state index contributed by atoms with van der Waals surface area (Å²) in [6.45, 7) is 4.89. The van der Waals surface area contributed by atoms with Crippen molar-refractivity contribution in [2.75, 3.05) is 26.7 Å². The van der Waals surface area contributed by atoms with Gasteiger partial charge in [0.05, 0.1) is 0 Å². The molecule has 0 radical (unpaired) electrons. The molecule has 1 aliphatic rings. The first-order valence-corrected chi connectivity index (χ1v) is 5.20. The van der Waals surface area contributed by atoms with Crippen molar-refractivity contribution in [3.63, 3.8) is 0 Å². The predicted molar refractivity (Wildman–Crippen MR) is 53.5 cm³/mol. The number of nitrogens with one attached hydrogen (secondary N) is 1. The van der Waals surface area contributed by atoms with Gasteiger partial charge in [-0.15, -0.1) is 0 Å². The lowest BCUT2D eigenvalue weighted by molar-refractivity contribution is -0.132. The SMILES string of the molecule is CCC(=O)N1CCCC(CNC)C1. The molecule has 0 aromatic rings. The first-order valence-electron chi connectivity index (χ1n) is 5.20. The third-order valence-corrected chi connectivity index (χ3v) is 2.67. The lowest BCUT2D eigenvalue weighted by Crippen LogP contribution is -2.42. The van der Waals surface area contributed by atoms with Crippen LogP contribution in [0.1, 0.15) is 26.2 Å². The molecule has 3 heteroatoms. The summed E-state index contributed by atoms with van der Waals surface area (Å²) in [5, 5.41) is 3.18. The molecule has 1 heterocycles. The fourth-order valence-electron chi connectivity index (χ4n) is 1.97. The summed E-state index contributed by atoms with van der Waals surface area (Å²) in [5.74, 6) is 0.968. The van der Waals surface area contributed by atoms with Gasteiger partial charge < -0.3 is 10.2 Å². The van der Waals surface area contributed by atoms with Gasteiger partial charge in [-0.2, -0.15) is 0 Å². The number of amides is 1. The van der Waals surface area contributed by atoms with Crippen molar-refractivity contribution in [1.82, 2.24) is 10.2 Å². The van der Waals surface area contributed by atoms with E-state index in [0.717, 1.165) is 26.1 Å². The first-order chi connectivity index (χ1) is 6.27. The zero-order valence-electron chi connectivity index (χ0n) is 8.68. The maximum Gasteiger partial charge on any atom is 0.222 e. The maximum atomic E-state index is 11.4. The van der Waals surface area contributed by atoms with Gasteiger partial charge in [0.2, 0.25) is 5.91 Å². The minimum Gasteiger partial charge on any atom is -0.342 e. The number of piperidine rings is 1. The van der Waals surface area contributed by atoms with Crippen LogP contribution in [0.4, 0.5) is 0 Å². The van der Waals surface area contributed by atoms with Crippen LogP contribution < -0.4 is 5.32 Å². The largest absolute Gasteiger partial charge is 0.342 e. The third kappa shape index (κ3) is 2.99. The fourth-order valence-corrected chi connectivity index (χ4v) is 1.97. The third-order valence-electron chi connectivity index (χ3n) is 2.67. The van der Waals surface area contributed by atoms with Crippen LogP contribution in [0.5, 0.6) is 0 Å². The fraction of sp³-hybridized carbons (Fsp3) is 0.900. The van der Waals surface area contributed by atoms with Crippen LogP contribution in [0, 0.1) is 5.92 Å². The van der Waals surface area contributed by atoms with Gasteiger partial charge in [0, 0.05) is 19.5 Å². The number of carbonyl (C=O) groups excluding carboxylic acids is 1. The minimum atomic E-state index is 0.306. The zero-order chi connectivity index (χ0) is 9.68. The van der Waals surface area contributed by atoms with Crippen LogP contribution in [0.3, 0.4) is 0 Å². The highest BCUT2D eigenvalue weighted by molar-refractivity contribution is 5.75. The summed E-state index contributed by atoms with van der Waals surface area (Å²) in [6.07, 6.45) is 3.07. The molecule has 3 nitrogen and oxygen atoms in total. The Morgan fingerprint density at radius 1 is 1.62 bits per heavy atom. The standard InChI is InChI=1S/C10H20N2O/c1-3-10(13)12-6-4-5-9(8-12)7-11-2/h9,11H,3-8H2,1-2H3. The molecule has 0 spiro atoms. The van der Waals surface area contributed by atoms with Gasteiger partial charge in [-0.05, 0) is 32.4 Å². The molecule has 1 unspecified atom stereocenters. The van der Waals surface area contributed by atoms with E-state index < -0.39 is 0 Å². The van der Waals surface area contributed by atoms with Crippen molar-refractivity contribution in [3.05, 3.63) is 0 Å². The molecule has 76 valence electrons. The Morgan fingerprint density at radius 3 is 3.00 bits per heavy atom. The average molecular weight is 184 g/mol.